The highest BCUT2D eigenvalue weighted by atomic mass is 79.9. The highest BCUT2D eigenvalue weighted by Crippen LogP contribution is 2.30. The molecule has 90 valence electrons. The predicted octanol–water partition coefficient (Wildman–Crippen LogP) is 3.87. The first-order valence-electron chi connectivity index (χ1n) is 5.06. The van der Waals surface area contributed by atoms with Gasteiger partial charge in [-0.3, -0.25) is 0 Å². The van der Waals surface area contributed by atoms with Gasteiger partial charge in [-0.05, 0) is 33.4 Å². The molecule has 0 aliphatic rings. The monoisotopic (exact) mass is 314 g/mol. The van der Waals surface area contributed by atoms with Gasteiger partial charge in [-0.1, -0.05) is 6.07 Å². The second kappa shape index (κ2) is 5.06. The fourth-order valence-corrected chi connectivity index (χ4v) is 2.72. The van der Waals surface area contributed by atoms with Gasteiger partial charge >= 0.3 is 0 Å². The lowest BCUT2D eigenvalue weighted by molar-refractivity contribution is 0.621. The number of thiophene rings is 1. The van der Waals surface area contributed by atoms with Gasteiger partial charge in [0.25, 0.3) is 0 Å². The SMILES string of the molecule is CN(Cc1cccs1)c1cc(F)c(Br)cc1N. The van der Waals surface area contributed by atoms with E-state index in [-0.39, 0.29) is 5.82 Å². The average Bonchev–Trinajstić information content (AvgIpc) is 2.76. The molecule has 2 rings (SSSR count). The van der Waals surface area contributed by atoms with Gasteiger partial charge in [0, 0.05) is 18.0 Å². The molecule has 0 aliphatic carbocycles. The van der Waals surface area contributed by atoms with E-state index in [1.54, 1.807) is 17.4 Å². The second-order valence-corrected chi connectivity index (χ2v) is 5.65. The van der Waals surface area contributed by atoms with Crippen molar-refractivity contribution < 1.29 is 4.39 Å². The number of rotatable bonds is 3. The Bertz CT molecular complexity index is 513. The Kier molecular flexibility index (Phi) is 3.69. The molecular formula is C12H12BrFN2S. The van der Waals surface area contributed by atoms with Crippen molar-refractivity contribution in [3.05, 3.63) is 44.8 Å². The maximum atomic E-state index is 13.5. The number of halogens is 2. The van der Waals surface area contributed by atoms with E-state index >= 15 is 0 Å². The quantitative estimate of drug-likeness (QED) is 0.871. The van der Waals surface area contributed by atoms with Crippen molar-refractivity contribution in [2.75, 3.05) is 17.7 Å². The molecule has 0 saturated carbocycles. The van der Waals surface area contributed by atoms with Gasteiger partial charge in [-0.2, -0.15) is 0 Å². The van der Waals surface area contributed by atoms with Crippen LogP contribution in [0.25, 0.3) is 0 Å². The van der Waals surface area contributed by atoms with Crippen LogP contribution in [-0.4, -0.2) is 7.05 Å². The minimum Gasteiger partial charge on any atom is -0.397 e. The fraction of sp³-hybridized carbons (Fsp3) is 0.167. The third-order valence-corrected chi connectivity index (χ3v) is 3.92. The molecule has 0 radical (unpaired) electrons. The molecule has 0 atom stereocenters. The summed E-state index contributed by atoms with van der Waals surface area (Å²) >= 11 is 4.79. The van der Waals surface area contributed by atoms with Gasteiger partial charge in [-0.25, -0.2) is 4.39 Å². The van der Waals surface area contributed by atoms with Gasteiger partial charge in [0.2, 0.25) is 0 Å². The lowest BCUT2D eigenvalue weighted by Gasteiger charge is -2.20. The van der Waals surface area contributed by atoms with Crippen molar-refractivity contribution in [2.24, 2.45) is 0 Å². The molecular weight excluding hydrogens is 303 g/mol. The Morgan fingerprint density at radius 1 is 1.47 bits per heavy atom. The van der Waals surface area contributed by atoms with E-state index in [2.05, 4.69) is 15.9 Å². The molecule has 0 spiro atoms. The summed E-state index contributed by atoms with van der Waals surface area (Å²) in [5.74, 6) is -0.299. The minimum atomic E-state index is -0.299. The zero-order valence-electron chi connectivity index (χ0n) is 9.28. The Balaban J connectivity index is 2.24. The molecule has 0 saturated heterocycles. The van der Waals surface area contributed by atoms with Gasteiger partial charge in [0.05, 0.1) is 22.4 Å². The van der Waals surface area contributed by atoms with Crippen LogP contribution in [0.5, 0.6) is 0 Å². The van der Waals surface area contributed by atoms with Crippen molar-refractivity contribution in [1.82, 2.24) is 0 Å². The molecule has 17 heavy (non-hydrogen) atoms. The van der Waals surface area contributed by atoms with Crippen LogP contribution in [0.2, 0.25) is 0 Å². The molecule has 5 heteroatoms. The summed E-state index contributed by atoms with van der Waals surface area (Å²) in [7, 11) is 1.90. The molecule has 0 fully saturated rings. The normalized spacial score (nSPS) is 10.5. The fourth-order valence-electron chi connectivity index (χ4n) is 1.60. The van der Waals surface area contributed by atoms with Gasteiger partial charge in [0.15, 0.2) is 0 Å². The van der Waals surface area contributed by atoms with Crippen molar-refractivity contribution in [3.8, 4) is 0 Å². The maximum absolute atomic E-state index is 13.5. The first kappa shape index (κ1) is 12.4. The van der Waals surface area contributed by atoms with E-state index in [4.69, 9.17) is 5.73 Å². The van der Waals surface area contributed by atoms with Crippen LogP contribution < -0.4 is 10.6 Å². The number of anilines is 2. The highest BCUT2D eigenvalue weighted by Gasteiger charge is 2.10. The smallest absolute Gasteiger partial charge is 0.139 e. The molecule has 0 unspecified atom stereocenters. The molecule has 0 bridgehead atoms. The summed E-state index contributed by atoms with van der Waals surface area (Å²) < 4.78 is 13.9. The Labute approximate surface area is 112 Å². The molecule has 1 aromatic heterocycles. The minimum absolute atomic E-state index is 0.299. The topological polar surface area (TPSA) is 29.3 Å². The molecule has 0 amide bonds. The Morgan fingerprint density at radius 2 is 2.24 bits per heavy atom. The third-order valence-electron chi connectivity index (χ3n) is 2.45. The maximum Gasteiger partial charge on any atom is 0.139 e. The van der Waals surface area contributed by atoms with E-state index in [9.17, 15) is 4.39 Å². The van der Waals surface area contributed by atoms with E-state index in [0.29, 0.717) is 15.8 Å². The van der Waals surface area contributed by atoms with E-state index in [1.165, 1.54) is 10.9 Å². The van der Waals surface area contributed by atoms with Crippen molar-refractivity contribution in [3.63, 3.8) is 0 Å². The van der Waals surface area contributed by atoms with Crippen molar-refractivity contribution >= 4 is 38.6 Å². The van der Waals surface area contributed by atoms with E-state index in [1.807, 2.05) is 29.5 Å². The molecule has 0 aliphatic heterocycles. The summed E-state index contributed by atoms with van der Waals surface area (Å²) in [5, 5.41) is 2.02. The van der Waals surface area contributed by atoms with Gasteiger partial charge in [-0.15, -0.1) is 11.3 Å². The van der Waals surface area contributed by atoms with E-state index in [0.717, 1.165) is 6.54 Å². The van der Waals surface area contributed by atoms with Crippen LogP contribution in [0, 0.1) is 5.82 Å². The summed E-state index contributed by atoms with van der Waals surface area (Å²) in [6.07, 6.45) is 0. The lowest BCUT2D eigenvalue weighted by Crippen LogP contribution is -2.17. The zero-order chi connectivity index (χ0) is 12.4. The van der Waals surface area contributed by atoms with Crippen LogP contribution in [0.4, 0.5) is 15.8 Å². The number of hydrogen-bond donors (Lipinski definition) is 1. The van der Waals surface area contributed by atoms with Gasteiger partial charge in [0.1, 0.15) is 5.82 Å². The Hall–Kier alpha value is -1.07. The number of nitrogens with two attached hydrogens (primary N) is 1. The predicted molar refractivity (Wildman–Crippen MR) is 74.9 cm³/mol. The second-order valence-electron chi connectivity index (χ2n) is 3.76. The number of benzene rings is 1. The molecule has 2 nitrogen and oxygen atoms in total. The van der Waals surface area contributed by atoms with Crippen molar-refractivity contribution in [2.45, 2.75) is 6.54 Å². The largest absolute Gasteiger partial charge is 0.397 e. The van der Waals surface area contributed by atoms with Gasteiger partial charge < -0.3 is 10.6 Å². The lowest BCUT2D eigenvalue weighted by atomic mass is 10.2. The highest BCUT2D eigenvalue weighted by molar-refractivity contribution is 9.10. The van der Waals surface area contributed by atoms with Crippen LogP contribution in [0.3, 0.4) is 0 Å². The summed E-state index contributed by atoms with van der Waals surface area (Å²) in [5.41, 5.74) is 7.16. The first-order valence-corrected chi connectivity index (χ1v) is 6.73. The van der Waals surface area contributed by atoms with Crippen LogP contribution >= 0.6 is 27.3 Å². The summed E-state index contributed by atoms with van der Waals surface area (Å²) in [6, 6.07) is 7.09. The number of hydrogen-bond acceptors (Lipinski definition) is 3. The number of nitrogen functional groups attached to an aromatic ring is 1. The standard InChI is InChI=1S/C12H12BrFN2S/c1-16(7-8-3-2-4-17-8)12-6-10(14)9(13)5-11(12)15/h2-6H,7,15H2,1H3. The molecule has 2 aromatic rings. The number of nitrogens with zero attached hydrogens (tertiary/aromatic N) is 1. The Morgan fingerprint density at radius 3 is 2.88 bits per heavy atom. The van der Waals surface area contributed by atoms with Crippen molar-refractivity contribution in [1.29, 1.82) is 0 Å². The molecule has 2 N–H and O–H groups in total. The summed E-state index contributed by atoms with van der Waals surface area (Å²) in [6.45, 7) is 0.725. The van der Waals surface area contributed by atoms with E-state index < -0.39 is 0 Å². The first-order chi connectivity index (χ1) is 8.08. The molecule has 1 aromatic carbocycles. The average molecular weight is 315 g/mol. The summed E-state index contributed by atoms with van der Waals surface area (Å²) in [4.78, 5) is 3.16. The third kappa shape index (κ3) is 2.79. The van der Waals surface area contributed by atoms with Crippen LogP contribution in [-0.2, 0) is 6.54 Å². The van der Waals surface area contributed by atoms with Crippen LogP contribution in [0.1, 0.15) is 4.88 Å². The van der Waals surface area contributed by atoms with Crippen LogP contribution in [0.15, 0.2) is 34.1 Å². The zero-order valence-corrected chi connectivity index (χ0v) is 11.7. The molecule has 1 heterocycles.